The van der Waals surface area contributed by atoms with Crippen molar-refractivity contribution in [3.63, 3.8) is 0 Å². The number of piperidine rings is 1. The molecule has 0 bridgehead atoms. The highest BCUT2D eigenvalue weighted by Gasteiger charge is 2.21. The van der Waals surface area contributed by atoms with E-state index in [2.05, 4.69) is 17.1 Å². The molecule has 3 heterocycles. The zero-order chi connectivity index (χ0) is 17.5. The average molecular weight is 345 g/mol. The molecule has 1 N–H and O–H groups in total. The van der Waals surface area contributed by atoms with Crippen molar-refractivity contribution in [3.8, 4) is 0 Å². The number of carbonyl (C=O) groups excluding carboxylic acids is 1. The molecule has 25 heavy (non-hydrogen) atoms. The van der Waals surface area contributed by atoms with E-state index in [0.717, 1.165) is 44.0 Å². The Morgan fingerprint density at radius 3 is 2.24 bits per heavy atom. The number of amides is 1. The lowest BCUT2D eigenvalue weighted by molar-refractivity contribution is -0.123. The molecule has 1 aliphatic rings. The fourth-order valence-electron chi connectivity index (χ4n) is 3.28. The summed E-state index contributed by atoms with van der Waals surface area (Å²) < 4.78 is 10.9. The summed E-state index contributed by atoms with van der Waals surface area (Å²) in [6.45, 7) is 6.87. The Kier molecular flexibility index (Phi) is 6.30. The lowest BCUT2D eigenvalue weighted by Gasteiger charge is -2.32. The molecule has 6 heteroatoms. The van der Waals surface area contributed by atoms with Gasteiger partial charge in [0.15, 0.2) is 0 Å². The van der Waals surface area contributed by atoms with Crippen LogP contribution in [-0.4, -0.2) is 47.9 Å². The third kappa shape index (κ3) is 5.47. The maximum atomic E-state index is 12.5. The Morgan fingerprint density at radius 2 is 1.76 bits per heavy atom. The first-order valence-electron chi connectivity index (χ1n) is 9.01. The molecular weight excluding hydrogens is 318 g/mol. The normalized spacial score (nSPS) is 16.4. The molecule has 0 unspecified atom stereocenters. The second kappa shape index (κ2) is 8.87. The van der Waals surface area contributed by atoms with E-state index in [1.165, 1.54) is 0 Å². The Balaban J connectivity index is 1.52. The van der Waals surface area contributed by atoms with E-state index in [1.807, 2.05) is 29.2 Å². The summed E-state index contributed by atoms with van der Waals surface area (Å²) in [5.74, 6) is 1.75. The SMILES string of the molecule is CCN1CCC(NC(=O)CN(Cc2ccco2)Cc2ccco2)CC1. The predicted octanol–water partition coefficient (Wildman–Crippen LogP) is 2.48. The van der Waals surface area contributed by atoms with E-state index in [4.69, 9.17) is 8.83 Å². The number of hydrogen-bond acceptors (Lipinski definition) is 5. The Hall–Kier alpha value is -2.05. The molecule has 1 aliphatic heterocycles. The topological polar surface area (TPSA) is 61.9 Å². The molecule has 3 rings (SSSR count). The first-order valence-corrected chi connectivity index (χ1v) is 9.01. The van der Waals surface area contributed by atoms with Gasteiger partial charge in [0, 0.05) is 19.1 Å². The van der Waals surface area contributed by atoms with Crippen molar-refractivity contribution in [2.24, 2.45) is 0 Å². The van der Waals surface area contributed by atoms with Crippen LogP contribution in [0, 0.1) is 0 Å². The molecular formula is C19H27N3O3. The summed E-state index contributed by atoms with van der Waals surface area (Å²) in [4.78, 5) is 17.0. The van der Waals surface area contributed by atoms with Crippen molar-refractivity contribution in [1.82, 2.24) is 15.1 Å². The van der Waals surface area contributed by atoms with Gasteiger partial charge in [-0.1, -0.05) is 6.92 Å². The van der Waals surface area contributed by atoms with Gasteiger partial charge in [-0.05, 0) is 43.7 Å². The largest absolute Gasteiger partial charge is 0.468 e. The van der Waals surface area contributed by atoms with Gasteiger partial charge in [-0.25, -0.2) is 0 Å². The monoisotopic (exact) mass is 345 g/mol. The smallest absolute Gasteiger partial charge is 0.234 e. The van der Waals surface area contributed by atoms with Crippen LogP contribution in [0.2, 0.25) is 0 Å². The van der Waals surface area contributed by atoms with Gasteiger partial charge in [0.1, 0.15) is 11.5 Å². The number of rotatable bonds is 8. The lowest BCUT2D eigenvalue weighted by Crippen LogP contribution is -2.47. The van der Waals surface area contributed by atoms with Crippen molar-refractivity contribution in [2.75, 3.05) is 26.2 Å². The van der Waals surface area contributed by atoms with Crippen LogP contribution in [0.1, 0.15) is 31.3 Å². The minimum absolute atomic E-state index is 0.0630. The molecule has 6 nitrogen and oxygen atoms in total. The predicted molar refractivity (Wildman–Crippen MR) is 94.8 cm³/mol. The number of hydrogen-bond donors (Lipinski definition) is 1. The minimum atomic E-state index is 0.0630. The molecule has 1 saturated heterocycles. The maximum absolute atomic E-state index is 12.5. The summed E-state index contributed by atoms with van der Waals surface area (Å²) in [7, 11) is 0. The second-order valence-corrected chi connectivity index (χ2v) is 6.58. The van der Waals surface area contributed by atoms with Gasteiger partial charge in [0.2, 0.25) is 5.91 Å². The average Bonchev–Trinajstić information content (AvgIpc) is 3.29. The number of carbonyl (C=O) groups is 1. The number of nitrogens with one attached hydrogen (secondary N) is 1. The van der Waals surface area contributed by atoms with Crippen molar-refractivity contribution in [1.29, 1.82) is 0 Å². The fourth-order valence-corrected chi connectivity index (χ4v) is 3.28. The van der Waals surface area contributed by atoms with E-state index in [9.17, 15) is 4.79 Å². The molecule has 0 radical (unpaired) electrons. The minimum Gasteiger partial charge on any atom is -0.468 e. The summed E-state index contributed by atoms with van der Waals surface area (Å²) in [6.07, 6.45) is 5.36. The van der Waals surface area contributed by atoms with Gasteiger partial charge in [-0.2, -0.15) is 0 Å². The Morgan fingerprint density at radius 1 is 1.16 bits per heavy atom. The van der Waals surface area contributed by atoms with Crippen LogP contribution in [0.4, 0.5) is 0 Å². The molecule has 136 valence electrons. The molecule has 0 aromatic carbocycles. The van der Waals surface area contributed by atoms with E-state index in [1.54, 1.807) is 12.5 Å². The van der Waals surface area contributed by atoms with Gasteiger partial charge in [-0.15, -0.1) is 0 Å². The Bertz CT molecular complexity index is 580. The van der Waals surface area contributed by atoms with Crippen LogP contribution >= 0.6 is 0 Å². The molecule has 0 spiro atoms. The maximum Gasteiger partial charge on any atom is 0.234 e. The Labute approximate surface area is 148 Å². The summed E-state index contributed by atoms with van der Waals surface area (Å²) >= 11 is 0. The zero-order valence-electron chi connectivity index (χ0n) is 14.8. The number of nitrogens with zero attached hydrogens (tertiary/aromatic N) is 2. The van der Waals surface area contributed by atoms with E-state index >= 15 is 0 Å². The quantitative estimate of drug-likeness (QED) is 0.796. The molecule has 0 atom stereocenters. The molecule has 2 aromatic rings. The fraction of sp³-hybridized carbons (Fsp3) is 0.526. The van der Waals surface area contributed by atoms with Gasteiger partial charge < -0.3 is 19.1 Å². The van der Waals surface area contributed by atoms with Crippen molar-refractivity contribution >= 4 is 5.91 Å². The van der Waals surface area contributed by atoms with Crippen LogP contribution in [0.5, 0.6) is 0 Å². The van der Waals surface area contributed by atoms with E-state index in [0.29, 0.717) is 19.6 Å². The zero-order valence-corrected chi connectivity index (χ0v) is 14.8. The van der Waals surface area contributed by atoms with Crippen molar-refractivity contribution in [3.05, 3.63) is 48.3 Å². The molecule has 1 amide bonds. The van der Waals surface area contributed by atoms with E-state index < -0.39 is 0 Å². The van der Waals surface area contributed by atoms with Crippen LogP contribution in [0.3, 0.4) is 0 Å². The highest BCUT2D eigenvalue weighted by atomic mass is 16.3. The lowest BCUT2D eigenvalue weighted by atomic mass is 10.1. The van der Waals surface area contributed by atoms with Crippen LogP contribution in [0.25, 0.3) is 0 Å². The summed E-state index contributed by atoms with van der Waals surface area (Å²) in [5, 5.41) is 3.18. The van der Waals surface area contributed by atoms with E-state index in [-0.39, 0.29) is 11.9 Å². The molecule has 0 aliphatic carbocycles. The third-order valence-electron chi connectivity index (χ3n) is 4.69. The van der Waals surface area contributed by atoms with Gasteiger partial charge in [-0.3, -0.25) is 9.69 Å². The highest BCUT2D eigenvalue weighted by Crippen LogP contribution is 2.12. The number of likely N-dealkylation sites (tertiary alicyclic amines) is 1. The first-order chi connectivity index (χ1) is 12.2. The number of furan rings is 2. The second-order valence-electron chi connectivity index (χ2n) is 6.58. The standard InChI is InChI=1S/C19H27N3O3/c1-2-21-9-7-16(8-10-21)20-19(23)15-22(13-17-5-3-11-24-17)14-18-6-4-12-25-18/h3-6,11-12,16H,2,7-10,13-15H2,1H3,(H,20,23). The van der Waals surface area contributed by atoms with Crippen LogP contribution in [0.15, 0.2) is 45.6 Å². The van der Waals surface area contributed by atoms with Crippen molar-refractivity contribution < 1.29 is 13.6 Å². The summed E-state index contributed by atoms with van der Waals surface area (Å²) in [6, 6.07) is 7.86. The van der Waals surface area contributed by atoms with Gasteiger partial charge >= 0.3 is 0 Å². The van der Waals surface area contributed by atoms with Crippen LogP contribution in [-0.2, 0) is 17.9 Å². The summed E-state index contributed by atoms with van der Waals surface area (Å²) in [5.41, 5.74) is 0. The molecule has 0 saturated carbocycles. The highest BCUT2D eigenvalue weighted by molar-refractivity contribution is 5.78. The van der Waals surface area contributed by atoms with Gasteiger partial charge in [0.25, 0.3) is 0 Å². The third-order valence-corrected chi connectivity index (χ3v) is 4.69. The van der Waals surface area contributed by atoms with Crippen molar-refractivity contribution in [2.45, 2.75) is 38.9 Å². The molecule has 1 fully saturated rings. The molecule has 2 aromatic heterocycles. The van der Waals surface area contributed by atoms with Gasteiger partial charge in [0.05, 0.1) is 32.2 Å². The first kappa shape index (κ1) is 17.8. The van der Waals surface area contributed by atoms with Crippen LogP contribution < -0.4 is 5.32 Å².